The van der Waals surface area contributed by atoms with Gasteiger partial charge in [-0.05, 0) is 28.8 Å². The van der Waals surface area contributed by atoms with Gasteiger partial charge in [-0.2, -0.15) is 9.97 Å². The fourth-order valence-corrected chi connectivity index (χ4v) is 3.08. The normalized spacial score (nSPS) is 10.4. The van der Waals surface area contributed by atoms with Crippen LogP contribution in [-0.2, 0) is 11.3 Å². The van der Waals surface area contributed by atoms with E-state index < -0.39 is 5.97 Å². The lowest BCUT2D eigenvalue weighted by atomic mass is 10.0. The second-order valence-electron chi connectivity index (χ2n) is 6.83. The summed E-state index contributed by atoms with van der Waals surface area (Å²) in [5.74, 6) is 0.406. The van der Waals surface area contributed by atoms with Crippen LogP contribution in [0.25, 0.3) is 11.1 Å². The molecule has 2 aromatic carbocycles. The number of pyridine rings is 1. The minimum absolute atomic E-state index is 0.0198. The fourth-order valence-electron chi connectivity index (χ4n) is 3.08. The van der Waals surface area contributed by atoms with Crippen LogP contribution in [0.2, 0.25) is 0 Å². The van der Waals surface area contributed by atoms with Crippen molar-refractivity contribution in [3.63, 3.8) is 0 Å². The van der Waals surface area contributed by atoms with Crippen LogP contribution in [0, 0.1) is 0 Å². The molecular weight excluding hydrogens is 422 g/mol. The summed E-state index contributed by atoms with van der Waals surface area (Å²) in [5, 5.41) is 0. The molecule has 0 aliphatic rings. The number of carbonyl (C=O) groups is 1. The number of benzene rings is 2. The van der Waals surface area contributed by atoms with E-state index in [1.165, 1.54) is 20.3 Å². The Kier molecular flexibility index (Phi) is 6.75. The van der Waals surface area contributed by atoms with Crippen LogP contribution in [0.3, 0.4) is 0 Å². The van der Waals surface area contributed by atoms with Crippen molar-refractivity contribution in [3.8, 4) is 34.8 Å². The molecule has 0 atom stereocenters. The molecule has 0 fully saturated rings. The zero-order valence-electron chi connectivity index (χ0n) is 18.1. The highest BCUT2D eigenvalue weighted by Gasteiger charge is 2.15. The van der Waals surface area contributed by atoms with Gasteiger partial charge in [0, 0.05) is 12.3 Å². The van der Waals surface area contributed by atoms with Crippen molar-refractivity contribution in [1.82, 2.24) is 15.0 Å². The van der Waals surface area contributed by atoms with Crippen LogP contribution < -0.4 is 14.2 Å². The second-order valence-corrected chi connectivity index (χ2v) is 6.83. The van der Waals surface area contributed by atoms with Gasteiger partial charge in [0.1, 0.15) is 6.61 Å². The molecule has 0 saturated carbocycles. The molecule has 0 bridgehead atoms. The highest BCUT2D eigenvalue weighted by molar-refractivity contribution is 5.97. The Morgan fingerprint density at radius 3 is 2.24 bits per heavy atom. The maximum absolute atomic E-state index is 12.8. The summed E-state index contributed by atoms with van der Waals surface area (Å²) in [6.07, 6.45) is 1.58. The molecule has 4 rings (SSSR count). The topological polar surface area (TPSA) is 92.7 Å². The minimum Gasteiger partial charge on any atom is -0.481 e. The molecule has 0 radical (unpaired) electrons. The maximum Gasteiger partial charge on any atom is 0.339 e. The van der Waals surface area contributed by atoms with Crippen molar-refractivity contribution < 1.29 is 23.7 Å². The Morgan fingerprint density at radius 2 is 1.52 bits per heavy atom. The maximum atomic E-state index is 12.8. The predicted octanol–water partition coefficient (Wildman–Crippen LogP) is 4.71. The van der Waals surface area contributed by atoms with Gasteiger partial charge < -0.3 is 18.9 Å². The smallest absolute Gasteiger partial charge is 0.339 e. The highest BCUT2D eigenvalue weighted by atomic mass is 16.5. The van der Waals surface area contributed by atoms with E-state index >= 15 is 0 Å². The lowest BCUT2D eigenvalue weighted by Gasteiger charge is -2.11. The first-order valence-electron chi connectivity index (χ1n) is 10.1. The lowest BCUT2D eigenvalue weighted by molar-refractivity contribution is 0.0473. The first-order chi connectivity index (χ1) is 16.2. The SMILES string of the molecule is COc1cc(OC)nc(Oc2cc(-c3ccccc3C(=O)OCc3ccccc3)ccn2)n1. The molecule has 0 amide bonds. The third kappa shape index (κ3) is 5.43. The largest absolute Gasteiger partial charge is 0.481 e. The Hall–Kier alpha value is -4.46. The monoisotopic (exact) mass is 443 g/mol. The second kappa shape index (κ2) is 10.2. The van der Waals surface area contributed by atoms with Gasteiger partial charge in [0.05, 0.1) is 25.8 Å². The van der Waals surface area contributed by atoms with Gasteiger partial charge in [0.15, 0.2) is 0 Å². The van der Waals surface area contributed by atoms with Gasteiger partial charge in [-0.3, -0.25) is 0 Å². The van der Waals surface area contributed by atoms with Gasteiger partial charge in [0.2, 0.25) is 17.6 Å². The molecule has 0 aliphatic heterocycles. The van der Waals surface area contributed by atoms with E-state index in [2.05, 4.69) is 15.0 Å². The van der Waals surface area contributed by atoms with Crippen molar-refractivity contribution in [3.05, 3.63) is 90.1 Å². The summed E-state index contributed by atoms with van der Waals surface area (Å²) in [6.45, 7) is 0.188. The van der Waals surface area contributed by atoms with E-state index in [9.17, 15) is 4.79 Å². The zero-order valence-corrected chi connectivity index (χ0v) is 18.1. The first kappa shape index (κ1) is 21.8. The summed E-state index contributed by atoms with van der Waals surface area (Å²) in [4.78, 5) is 25.3. The standard InChI is InChI=1S/C25H21N3O5/c1-30-22-15-23(31-2)28-25(27-22)33-21-14-18(12-13-26-21)19-10-6-7-11-20(19)24(29)32-16-17-8-4-3-5-9-17/h3-15H,16H2,1-2H3. The molecule has 4 aromatic rings. The number of methoxy groups -OCH3 is 2. The number of hydrogen-bond donors (Lipinski definition) is 0. The molecule has 0 saturated heterocycles. The van der Waals surface area contributed by atoms with Gasteiger partial charge >= 0.3 is 12.0 Å². The molecule has 0 N–H and O–H groups in total. The van der Waals surface area contributed by atoms with Gasteiger partial charge in [-0.1, -0.05) is 48.5 Å². The van der Waals surface area contributed by atoms with Crippen LogP contribution in [0.5, 0.6) is 23.7 Å². The van der Waals surface area contributed by atoms with Gasteiger partial charge in [-0.15, -0.1) is 0 Å². The van der Waals surface area contributed by atoms with E-state index in [0.29, 0.717) is 22.9 Å². The summed E-state index contributed by atoms with van der Waals surface area (Å²) >= 11 is 0. The van der Waals surface area contributed by atoms with Crippen molar-refractivity contribution in [1.29, 1.82) is 0 Å². The Balaban J connectivity index is 1.57. The fraction of sp³-hybridized carbons (Fsp3) is 0.120. The van der Waals surface area contributed by atoms with Crippen molar-refractivity contribution in [2.24, 2.45) is 0 Å². The van der Waals surface area contributed by atoms with Crippen LogP contribution in [-0.4, -0.2) is 35.1 Å². The van der Waals surface area contributed by atoms with Crippen molar-refractivity contribution >= 4 is 5.97 Å². The third-order valence-corrected chi connectivity index (χ3v) is 4.68. The minimum atomic E-state index is -0.422. The Labute approximate surface area is 190 Å². The zero-order chi connectivity index (χ0) is 23.0. The third-order valence-electron chi connectivity index (χ3n) is 4.68. The summed E-state index contributed by atoms with van der Waals surface area (Å²) in [7, 11) is 2.97. The average Bonchev–Trinajstić information content (AvgIpc) is 2.87. The number of nitrogens with zero attached hydrogens (tertiary/aromatic N) is 3. The van der Waals surface area contributed by atoms with Crippen LogP contribution in [0.15, 0.2) is 79.0 Å². The molecule has 2 heterocycles. The molecule has 33 heavy (non-hydrogen) atoms. The highest BCUT2D eigenvalue weighted by Crippen LogP contribution is 2.29. The summed E-state index contributed by atoms with van der Waals surface area (Å²) in [5.41, 5.74) is 2.76. The predicted molar refractivity (Wildman–Crippen MR) is 120 cm³/mol. The van der Waals surface area contributed by atoms with E-state index in [4.69, 9.17) is 18.9 Å². The van der Waals surface area contributed by atoms with Crippen molar-refractivity contribution in [2.75, 3.05) is 14.2 Å². The van der Waals surface area contributed by atoms with Gasteiger partial charge in [0.25, 0.3) is 0 Å². The molecule has 0 spiro atoms. The average molecular weight is 443 g/mol. The Bertz CT molecular complexity index is 1230. The van der Waals surface area contributed by atoms with Crippen LogP contribution in [0.4, 0.5) is 0 Å². The van der Waals surface area contributed by atoms with E-state index in [1.54, 1.807) is 30.5 Å². The Morgan fingerprint density at radius 1 is 0.818 bits per heavy atom. The number of rotatable bonds is 8. The quantitative estimate of drug-likeness (QED) is 0.362. The number of hydrogen-bond acceptors (Lipinski definition) is 8. The summed E-state index contributed by atoms with van der Waals surface area (Å²) < 4.78 is 21.5. The van der Waals surface area contributed by atoms with E-state index in [-0.39, 0.29) is 18.5 Å². The van der Waals surface area contributed by atoms with Gasteiger partial charge in [-0.25, -0.2) is 9.78 Å². The van der Waals surface area contributed by atoms with Crippen LogP contribution >= 0.6 is 0 Å². The summed E-state index contributed by atoms with van der Waals surface area (Å²) in [6, 6.07) is 21.7. The number of ether oxygens (including phenoxy) is 4. The molecule has 166 valence electrons. The molecule has 2 aromatic heterocycles. The number of esters is 1. The van der Waals surface area contributed by atoms with Crippen LogP contribution in [0.1, 0.15) is 15.9 Å². The molecule has 0 aliphatic carbocycles. The molecule has 8 nitrogen and oxygen atoms in total. The molecule has 8 heteroatoms. The molecular formula is C25H21N3O5. The van der Waals surface area contributed by atoms with Crippen molar-refractivity contribution in [2.45, 2.75) is 6.61 Å². The van der Waals surface area contributed by atoms with E-state index in [1.807, 2.05) is 42.5 Å². The lowest BCUT2D eigenvalue weighted by Crippen LogP contribution is -2.07. The first-order valence-corrected chi connectivity index (χ1v) is 10.1. The van der Waals surface area contributed by atoms with E-state index in [0.717, 1.165) is 11.1 Å². The molecule has 0 unspecified atom stereocenters. The number of aromatic nitrogens is 3. The number of carbonyl (C=O) groups excluding carboxylic acids is 1.